The van der Waals surface area contributed by atoms with Crippen LogP contribution in [-0.4, -0.2) is 43.7 Å². The van der Waals surface area contributed by atoms with Gasteiger partial charge in [0.05, 0.1) is 24.1 Å². The summed E-state index contributed by atoms with van der Waals surface area (Å²) in [5.41, 5.74) is 0. The van der Waals surface area contributed by atoms with E-state index in [1.54, 1.807) is 0 Å². The van der Waals surface area contributed by atoms with Crippen molar-refractivity contribution in [2.45, 2.75) is 71.8 Å². The van der Waals surface area contributed by atoms with E-state index in [1.165, 1.54) is 12.1 Å². The topological polar surface area (TPSA) is 82.1 Å². The molecule has 0 amide bonds. The van der Waals surface area contributed by atoms with Crippen LogP contribution in [0.1, 0.15) is 39.5 Å². The SMILES string of the molecule is CCCCOc1ccc([S+](c2ccc(OCCCC)cc2)c2ccc(OC(C(F)(F)F)C(F)(F)S(=O)(=O)O)cc2)cc1. The molecular weight excluding hydrogens is 603 g/mol. The van der Waals surface area contributed by atoms with E-state index in [-0.39, 0.29) is 0 Å². The molecule has 0 aliphatic carbocycles. The number of hydrogen-bond acceptors (Lipinski definition) is 5. The molecule has 0 saturated carbocycles. The highest BCUT2D eigenvalue weighted by Gasteiger charge is 2.65. The summed E-state index contributed by atoms with van der Waals surface area (Å²) >= 11 is 0. The third kappa shape index (κ3) is 8.74. The van der Waals surface area contributed by atoms with Gasteiger partial charge in [0.15, 0.2) is 14.7 Å². The second-order valence-electron chi connectivity index (χ2n) is 9.20. The summed E-state index contributed by atoms with van der Waals surface area (Å²) in [5, 5.41) is -5.63. The lowest BCUT2D eigenvalue weighted by Crippen LogP contribution is -2.53. The van der Waals surface area contributed by atoms with Gasteiger partial charge in [0.25, 0.3) is 6.10 Å². The van der Waals surface area contributed by atoms with Gasteiger partial charge in [-0.05, 0) is 85.6 Å². The fourth-order valence-electron chi connectivity index (χ4n) is 3.67. The van der Waals surface area contributed by atoms with E-state index in [2.05, 4.69) is 18.6 Å². The predicted octanol–water partition coefficient (Wildman–Crippen LogP) is 7.93. The summed E-state index contributed by atoms with van der Waals surface area (Å²) in [6.07, 6.45) is -6.15. The zero-order chi connectivity index (χ0) is 31.0. The van der Waals surface area contributed by atoms with Gasteiger partial charge >= 0.3 is 21.5 Å². The number of unbranched alkanes of at least 4 members (excludes halogenated alkanes) is 2. The molecule has 230 valence electrons. The Morgan fingerprint density at radius 3 is 1.36 bits per heavy atom. The van der Waals surface area contributed by atoms with Crippen LogP contribution in [0.3, 0.4) is 0 Å². The molecule has 1 unspecified atom stereocenters. The molecule has 0 aromatic heterocycles. The van der Waals surface area contributed by atoms with Crippen LogP contribution in [0.15, 0.2) is 87.5 Å². The van der Waals surface area contributed by atoms with Gasteiger partial charge in [-0.3, -0.25) is 4.55 Å². The van der Waals surface area contributed by atoms with Gasteiger partial charge in [0.1, 0.15) is 17.2 Å². The first-order valence-electron chi connectivity index (χ1n) is 13.2. The van der Waals surface area contributed by atoms with E-state index in [0.29, 0.717) is 29.6 Å². The molecule has 3 aromatic rings. The van der Waals surface area contributed by atoms with Crippen LogP contribution < -0.4 is 14.2 Å². The monoisotopic (exact) mass is 635 g/mol. The number of rotatable bonds is 15. The van der Waals surface area contributed by atoms with Gasteiger partial charge in [-0.15, -0.1) is 0 Å². The van der Waals surface area contributed by atoms with Gasteiger partial charge in [-0.2, -0.15) is 30.4 Å². The van der Waals surface area contributed by atoms with Gasteiger partial charge in [-0.25, -0.2) is 0 Å². The van der Waals surface area contributed by atoms with Crippen molar-refractivity contribution in [3.63, 3.8) is 0 Å². The Morgan fingerprint density at radius 2 is 1.05 bits per heavy atom. The lowest BCUT2D eigenvalue weighted by Gasteiger charge is -2.26. The average molecular weight is 636 g/mol. The fourth-order valence-corrected chi connectivity index (χ4v) is 6.17. The second-order valence-corrected chi connectivity index (χ2v) is 12.7. The summed E-state index contributed by atoms with van der Waals surface area (Å²) < 4.78 is 115. The molecule has 3 aromatic carbocycles. The van der Waals surface area contributed by atoms with Gasteiger partial charge in [0, 0.05) is 0 Å². The van der Waals surface area contributed by atoms with Gasteiger partial charge < -0.3 is 14.2 Å². The highest BCUT2D eigenvalue weighted by Crippen LogP contribution is 2.39. The molecule has 0 radical (unpaired) electrons. The van der Waals surface area contributed by atoms with Crippen molar-refractivity contribution in [1.82, 2.24) is 0 Å². The minimum atomic E-state index is -6.42. The average Bonchev–Trinajstić information content (AvgIpc) is 2.93. The quantitative estimate of drug-likeness (QED) is 0.0791. The third-order valence-corrected chi connectivity index (χ3v) is 9.04. The van der Waals surface area contributed by atoms with E-state index in [0.717, 1.165) is 47.6 Å². The molecule has 3 rings (SSSR count). The maximum atomic E-state index is 14.0. The maximum absolute atomic E-state index is 14.0. The number of alkyl halides is 5. The summed E-state index contributed by atoms with van der Waals surface area (Å²) in [7, 11) is -7.21. The van der Waals surface area contributed by atoms with Crippen LogP contribution in [0.4, 0.5) is 22.0 Å². The summed E-state index contributed by atoms with van der Waals surface area (Å²) in [6.45, 7) is 5.24. The lowest BCUT2D eigenvalue weighted by molar-refractivity contribution is -0.239. The molecule has 1 atom stereocenters. The van der Waals surface area contributed by atoms with E-state index in [4.69, 9.17) is 14.0 Å². The molecule has 0 aliphatic heterocycles. The Kier molecular flexibility index (Phi) is 11.5. The van der Waals surface area contributed by atoms with Crippen molar-refractivity contribution >= 4 is 21.0 Å². The fraction of sp³-hybridized carbons (Fsp3) is 0.379. The van der Waals surface area contributed by atoms with E-state index in [9.17, 15) is 30.4 Å². The molecule has 6 nitrogen and oxygen atoms in total. The Labute approximate surface area is 244 Å². The Balaban J connectivity index is 1.94. The molecule has 1 N–H and O–H groups in total. The minimum absolute atomic E-state index is 0.568. The zero-order valence-corrected chi connectivity index (χ0v) is 24.6. The third-order valence-electron chi connectivity index (χ3n) is 5.91. The standard InChI is InChI=1S/C29H31F5O6S2/c1-3-5-19-38-21-7-13-24(14-8-21)41(25-15-9-22(10-16-25)39-20-6-4-2)26-17-11-23(12-18-26)40-27(28(30,31)32)29(33,34)42(35,36)37/h7-18,27H,3-6,19-20H2,1-2H3/p+1. The number of ether oxygens (including phenoxy) is 3. The van der Waals surface area contributed by atoms with Crippen molar-refractivity contribution < 1.29 is 49.1 Å². The predicted molar refractivity (Wildman–Crippen MR) is 149 cm³/mol. The van der Waals surface area contributed by atoms with Crippen molar-refractivity contribution in [2.75, 3.05) is 13.2 Å². The van der Waals surface area contributed by atoms with Crippen molar-refractivity contribution in [3.05, 3.63) is 72.8 Å². The number of benzene rings is 3. The summed E-state index contributed by atoms with van der Waals surface area (Å²) in [5.74, 6) is 0.696. The summed E-state index contributed by atoms with van der Waals surface area (Å²) in [4.78, 5) is 2.31. The molecular formula is C29H32F5O6S2+. The molecule has 0 fully saturated rings. The molecule has 0 spiro atoms. The van der Waals surface area contributed by atoms with Crippen molar-refractivity contribution in [1.29, 1.82) is 0 Å². The lowest BCUT2D eigenvalue weighted by atomic mass is 10.3. The van der Waals surface area contributed by atoms with Gasteiger partial charge in [0.2, 0.25) is 0 Å². The highest BCUT2D eigenvalue weighted by atomic mass is 32.2. The number of halogens is 5. The largest absolute Gasteiger partial charge is 0.494 e. The second kappa shape index (κ2) is 14.4. The smallest absolute Gasteiger partial charge is 0.432 e. The van der Waals surface area contributed by atoms with Crippen molar-refractivity contribution in [2.24, 2.45) is 0 Å². The Bertz CT molecular complexity index is 1310. The highest BCUT2D eigenvalue weighted by molar-refractivity contribution is 7.97. The summed E-state index contributed by atoms with van der Waals surface area (Å²) in [6, 6.07) is 19.6. The molecule has 0 saturated heterocycles. The zero-order valence-electron chi connectivity index (χ0n) is 22.9. The molecule has 13 heteroatoms. The van der Waals surface area contributed by atoms with Crippen molar-refractivity contribution in [3.8, 4) is 17.2 Å². The number of hydrogen-bond donors (Lipinski definition) is 1. The van der Waals surface area contributed by atoms with Crippen LogP contribution in [0, 0.1) is 0 Å². The van der Waals surface area contributed by atoms with E-state index >= 15 is 0 Å². The normalized spacial score (nSPS) is 13.2. The molecule has 0 heterocycles. The molecule has 42 heavy (non-hydrogen) atoms. The maximum Gasteiger partial charge on any atom is 0.432 e. The van der Waals surface area contributed by atoms with Crippen LogP contribution in [0.25, 0.3) is 0 Å². The van der Waals surface area contributed by atoms with E-state index < -0.39 is 44.3 Å². The Morgan fingerprint density at radius 1 is 0.690 bits per heavy atom. The first-order valence-corrected chi connectivity index (χ1v) is 15.8. The van der Waals surface area contributed by atoms with Crippen LogP contribution in [-0.2, 0) is 21.0 Å². The van der Waals surface area contributed by atoms with Gasteiger partial charge in [-0.1, -0.05) is 26.7 Å². The van der Waals surface area contributed by atoms with E-state index in [1.807, 2.05) is 48.5 Å². The first-order chi connectivity index (χ1) is 19.8. The Hall–Kier alpha value is -3.03. The molecule has 0 aliphatic rings. The van der Waals surface area contributed by atoms with Crippen LogP contribution in [0.2, 0.25) is 0 Å². The molecule has 0 bridgehead atoms. The first kappa shape index (κ1) is 33.5. The van der Waals surface area contributed by atoms with Crippen LogP contribution in [0.5, 0.6) is 17.2 Å². The minimum Gasteiger partial charge on any atom is -0.494 e. The van der Waals surface area contributed by atoms with Crippen LogP contribution >= 0.6 is 0 Å².